The minimum absolute atomic E-state index is 0. The molecule has 0 rings (SSSR count). The molecule has 0 spiro atoms. The van der Waals surface area contributed by atoms with Crippen molar-refractivity contribution in [3.05, 3.63) is 0 Å². The second-order valence-electron chi connectivity index (χ2n) is 11.3. The molecule has 0 aliphatic heterocycles. The Morgan fingerprint density at radius 1 is 0.271 bits per heavy atom. The van der Waals surface area contributed by atoms with Gasteiger partial charge in [-0.2, -0.15) is 0 Å². The summed E-state index contributed by atoms with van der Waals surface area (Å²) in [5, 5.41) is 0. The molecule has 0 aromatic rings. The summed E-state index contributed by atoms with van der Waals surface area (Å²) < 4.78 is 0. The molecule has 0 fully saturated rings. The Kier molecular flexibility index (Phi) is 335. The first-order valence-electron chi connectivity index (χ1n) is 17.1. The van der Waals surface area contributed by atoms with Crippen molar-refractivity contribution < 1.29 is 0 Å². The molecule has 324 valence electrons. The predicted octanol–water partition coefficient (Wildman–Crippen LogP) is 22.7. The molecule has 0 atom stereocenters. The van der Waals surface area contributed by atoms with Crippen LogP contribution in [-0.4, -0.2) is 0 Å². The summed E-state index contributed by atoms with van der Waals surface area (Å²) in [7, 11) is 0. The third kappa shape index (κ3) is 233. The number of unbranched alkanes of at least 4 members (excludes halogenated alkanes) is 9. The molecule has 0 aromatic carbocycles. The zero-order chi connectivity index (χ0) is 29.5. The van der Waals surface area contributed by atoms with Gasteiger partial charge in [0.15, 0.2) is 0 Å². The first-order valence-corrected chi connectivity index (χ1v) is 17.1. The van der Waals surface area contributed by atoms with Gasteiger partial charge >= 0.3 is 0 Å². The van der Waals surface area contributed by atoms with Gasteiger partial charge in [-0.15, -0.1) is 0 Å². The SMILES string of the molecule is C.C.C.C.C.C.C.C.C.C.C.C.CCC.CCC(C)C.CCC(CC)CC.CCCCC(C)C.CCCCCCC.CCCCCCC. The smallest absolute Gasteiger partial charge is 0.0422 e. The van der Waals surface area contributed by atoms with Gasteiger partial charge in [0.25, 0.3) is 0 Å². The van der Waals surface area contributed by atoms with Gasteiger partial charge in [-0.1, -0.05) is 309 Å². The van der Waals surface area contributed by atoms with E-state index in [1.54, 1.807) is 0 Å². The van der Waals surface area contributed by atoms with Crippen molar-refractivity contribution in [2.45, 2.75) is 309 Å². The number of rotatable bonds is 15. The Bertz CT molecular complexity index is 225. The maximum atomic E-state index is 2.27. The molecular weight excluding hydrogens is 577 g/mol. The van der Waals surface area contributed by atoms with Gasteiger partial charge in [-0.25, -0.2) is 0 Å². The van der Waals surface area contributed by atoms with Crippen LogP contribution >= 0.6 is 0 Å². The van der Waals surface area contributed by atoms with Crippen molar-refractivity contribution in [1.29, 1.82) is 0 Å². The summed E-state index contributed by atoms with van der Waals surface area (Å²) in [6.07, 6.45) is 24.8. The first-order chi connectivity index (χ1) is 17.1. The first kappa shape index (κ1) is 118. The van der Waals surface area contributed by atoms with Crippen LogP contribution in [0.25, 0.3) is 0 Å². The molecule has 0 unspecified atom stereocenters. The van der Waals surface area contributed by atoms with Crippen LogP contribution in [0, 0.1) is 17.8 Å². The highest BCUT2D eigenvalue weighted by molar-refractivity contribution is 4.48. The van der Waals surface area contributed by atoms with Crippen LogP contribution in [0.5, 0.6) is 0 Å². The van der Waals surface area contributed by atoms with E-state index in [0.717, 1.165) is 17.8 Å². The summed E-state index contributed by atoms with van der Waals surface area (Å²) in [5.41, 5.74) is 0. The largest absolute Gasteiger partial charge is 0.0776 e. The van der Waals surface area contributed by atoms with Crippen molar-refractivity contribution in [3.8, 4) is 0 Å². The summed E-state index contributed by atoms with van der Waals surface area (Å²) in [6.45, 7) is 33.4. The molecule has 0 saturated heterocycles. The monoisotopic (exact) mass is 709 g/mol. The Hall–Kier alpha value is 0. The third-order valence-electron chi connectivity index (χ3n) is 6.10. The molecule has 48 heavy (non-hydrogen) atoms. The van der Waals surface area contributed by atoms with Gasteiger partial charge in [-0.3, -0.25) is 0 Å². The molecule has 0 aliphatic rings. The lowest BCUT2D eigenvalue weighted by molar-refractivity contribution is 0.477. The van der Waals surface area contributed by atoms with Gasteiger partial charge < -0.3 is 0 Å². The topological polar surface area (TPSA) is 0 Å². The molecular formula is C48H132. The maximum absolute atomic E-state index is 2.27. The van der Waals surface area contributed by atoms with Crippen LogP contribution < -0.4 is 0 Å². The van der Waals surface area contributed by atoms with Crippen LogP contribution in [0.3, 0.4) is 0 Å². The molecule has 0 saturated carbocycles. The van der Waals surface area contributed by atoms with Crippen molar-refractivity contribution in [1.82, 2.24) is 0 Å². The van der Waals surface area contributed by atoms with E-state index < -0.39 is 0 Å². The molecule has 0 bridgehead atoms. The van der Waals surface area contributed by atoms with E-state index in [2.05, 4.69) is 104 Å². The normalized spacial score (nSPS) is 7.12. The fraction of sp³-hybridized carbons (Fsp3) is 1.00. The van der Waals surface area contributed by atoms with E-state index in [-0.39, 0.29) is 89.1 Å². The lowest BCUT2D eigenvalue weighted by Gasteiger charge is -2.05. The Balaban J connectivity index is -0.0000000136. The van der Waals surface area contributed by atoms with Crippen LogP contribution in [0.1, 0.15) is 309 Å². The Morgan fingerprint density at radius 2 is 0.458 bits per heavy atom. The molecule has 0 N–H and O–H groups in total. The van der Waals surface area contributed by atoms with Crippen molar-refractivity contribution in [3.63, 3.8) is 0 Å². The van der Waals surface area contributed by atoms with E-state index in [4.69, 9.17) is 0 Å². The van der Waals surface area contributed by atoms with Gasteiger partial charge in [0.05, 0.1) is 0 Å². The van der Waals surface area contributed by atoms with Crippen LogP contribution in [0.15, 0.2) is 0 Å². The molecule has 0 amide bonds. The molecule has 0 heteroatoms. The van der Waals surface area contributed by atoms with E-state index in [0.29, 0.717) is 0 Å². The standard InChI is InChI=1S/4C7H16.C5H12.C3H8.12CH4/c1-4-5-6-7(2)3;1-4-7(5-2)6-3;2*1-3-5-7-6-4-2;1-4-5(2)3;1-3-2;;;;;;;;;;;;/h2*7H,4-6H2,1-3H3;2*3-7H2,1-2H3;5H,4H2,1-3H3;3H2,1-2H3;12*1H4. The summed E-state index contributed by atoms with van der Waals surface area (Å²) >= 11 is 0. The van der Waals surface area contributed by atoms with Crippen LogP contribution in [0.2, 0.25) is 0 Å². The molecule has 0 aromatic heterocycles. The van der Waals surface area contributed by atoms with Crippen molar-refractivity contribution in [2.24, 2.45) is 17.8 Å². The second-order valence-corrected chi connectivity index (χ2v) is 11.3. The fourth-order valence-corrected chi connectivity index (χ4v) is 2.83. The summed E-state index contributed by atoms with van der Waals surface area (Å²) in [4.78, 5) is 0. The van der Waals surface area contributed by atoms with E-state index >= 15 is 0 Å². The Labute approximate surface area is 325 Å². The molecule has 0 heterocycles. The highest BCUT2D eigenvalue weighted by Crippen LogP contribution is 2.10. The average molecular weight is 710 g/mol. The van der Waals surface area contributed by atoms with Crippen molar-refractivity contribution in [2.75, 3.05) is 0 Å². The van der Waals surface area contributed by atoms with Gasteiger partial charge in [-0.05, 0) is 17.8 Å². The van der Waals surface area contributed by atoms with E-state index in [9.17, 15) is 0 Å². The minimum Gasteiger partial charge on any atom is -0.0776 e. The van der Waals surface area contributed by atoms with Gasteiger partial charge in [0.1, 0.15) is 0 Å². The van der Waals surface area contributed by atoms with E-state index in [1.807, 2.05) is 0 Å². The molecule has 0 nitrogen and oxygen atoms in total. The van der Waals surface area contributed by atoms with Gasteiger partial charge in [0, 0.05) is 0 Å². The number of hydrogen-bond donors (Lipinski definition) is 0. The van der Waals surface area contributed by atoms with Crippen LogP contribution in [-0.2, 0) is 0 Å². The van der Waals surface area contributed by atoms with Crippen molar-refractivity contribution >= 4 is 0 Å². The summed E-state index contributed by atoms with van der Waals surface area (Å²) in [5.74, 6) is 2.77. The predicted molar refractivity (Wildman–Crippen MR) is 259 cm³/mol. The molecule has 0 radical (unpaired) electrons. The highest BCUT2D eigenvalue weighted by Gasteiger charge is 1.95. The Morgan fingerprint density at radius 3 is 0.521 bits per heavy atom. The van der Waals surface area contributed by atoms with Crippen LogP contribution in [0.4, 0.5) is 0 Å². The second kappa shape index (κ2) is 136. The zero-order valence-corrected chi connectivity index (χ0v) is 29.5. The highest BCUT2D eigenvalue weighted by atomic mass is 14.0. The maximum Gasteiger partial charge on any atom is -0.0422 e. The van der Waals surface area contributed by atoms with E-state index in [1.165, 1.54) is 116 Å². The molecule has 0 aliphatic carbocycles. The summed E-state index contributed by atoms with van der Waals surface area (Å²) in [6, 6.07) is 0. The fourth-order valence-electron chi connectivity index (χ4n) is 2.83. The average Bonchev–Trinajstić information content (AvgIpc) is 2.86. The third-order valence-corrected chi connectivity index (χ3v) is 6.10. The number of hydrogen-bond acceptors (Lipinski definition) is 0. The lowest BCUT2D eigenvalue weighted by Crippen LogP contribution is -1.91. The quantitative estimate of drug-likeness (QED) is 0.149. The van der Waals surface area contributed by atoms with Gasteiger partial charge in [0.2, 0.25) is 0 Å². The minimum atomic E-state index is 0. The lowest BCUT2D eigenvalue weighted by atomic mass is 10.0. The zero-order valence-electron chi connectivity index (χ0n) is 29.5.